The van der Waals surface area contributed by atoms with Gasteiger partial charge in [-0.25, -0.2) is 9.88 Å². The highest BCUT2D eigenvalue weighted by molar-refractivity contribution is 7.98. The molecule has 1 atom stereocenters. The molecule has 1 unspecified atom stereocenters. The number of benzene rings is 3. The van der Waals surface area contributed by atoms with E-state index in [1.807, 2.05) is 48.5 Å². The molecule has 0 spiro atoms. The number of nitrogens with zero attached hydrogens (tertiary/aromatic N) is 4. The Morgan fingerprint density at radius 1 is 1.16 bits per heavy atom. The van der Waals surface area contributed by atoms with Crippen LogP contribution in [0.25, 0.3) is 11.3 Å². The van der Waals surface area contributed by atoms with Crippen LogP contribution in [-0.2, 0) is 10.5 Å². The maximum atomic E-state index is 13.5. The lowest BCUT2D eigenvalue weighted by molar-refractivity contribution is -0.764. The van der Waals surface area contributed by atoms with Crippen LogP contribution in [0.5, 0.6) is 23.1 Å². The normalized spacial score (nSPS) is 15.2. The lowest BCUT2D eigenvalue weighted by Gasteiger charge is -2.33. The van der Waals surface area contributed by atoms with Crippen LogP contribution in [-0.4, -0.2) is 29.9 Å². The Bertz CT molecular complexity index is 1510. The second kappa shape index (κ2) is 9.29. The van der Waals surface area contributed by atoms with Crippen LogP contribution in [0.2, 0.25) is 0 Å². The zero-order chi connectivity index (χ0) is 25.5. The lowest BCUT2D eigenvalue weighted by Crippen LogP contribution is -2.58. The van der Waals surface area contributed by atoms with E-state index >= 15 is 0 Å². The minimum absolute atomic E-state index is 0.0654. The van der Waals surface area contributed by atoms with Crippen molar-refractivity contribution < 1.29 is 28.8 Å². The summed E-state index contributed by atoms with van der Waals surface area (Å²) in [5.74, 6) is 1.41. The van der Waals surface area contributed by atoms with Gasteiger partial charge in [0.2, 0.25) is 18.4 Å². The fourth-order valence-electron chi connectivity index (χ4n) is 4.66. The molecule has 0 aliphatic carbocycles. The Kier molecular flexibility index (Phi) is 5.80. The highest BCUT2D eigenvalue weighted by atomic mass is 32.2. The van der Waals surface area contributed by atoms with Crippen molar-refractivity contribution in [2.45, 2.75) is 24.0 Å². The average molecular weight is 515 g/mol. The molecule has 0 saturated heterocycles. The molecule has 4 aromatic rings. The molecular weight excluding hydrogens is 492 g/mol. The minimum atomic E-state index is -0.780. The van der Waals surface area contributed by atoms with E-state index in [4.69, 9.17) is 19.3 Å². The van der Waals surface area contributed by atoms with Crippen LogP contribution >= 0.6 is 11.8 Å². The summed E-state index contributed by atoms with van der Waals surface area (Å²) in [4.78, 5) is 19.0. The molecule has 2 aliphatic rings. The number of anilines is 1. The highest BCUT2D eigenvalue weighted by Gasteiger charge is 2.44. The predicted octanol–water partition coefficient (Wildman–Crippen LogP) is 3.45. The molecule has 2 aliphatic heterocycles. The Balaban J connectivity index is 1.54. The number of ether oxygens (including phenoxy) is 3. The van der Waals surface area contributed by atoms with Crippen LogP contribution in [0.3, 0.4) is 0 Å². The first-order valence-corrected chi connectivity index (χ1v) is 12.6. The zero-order valence-electron chi connectivity index (χ0n) is 20.1. The summed E-state index contributed by atoms with van der Waals surface area (Å²) in [6, 6.07) is 20.7. The molecule has 0 fully saturated rings. The maximum Gasteiger partial charge on any atom is 0.293 e. The van der Waals surface area contributed by atoms with Gasteiger partial charge in [0.05, 0.1) is 29.8 Å². The monoisotopic (exact) mass is 514 g/mol. The third kappa shape index (κ3) is 3.99. The van der Waals surface area contributed by atoms with E-state index in [1.165, 1.54) is 25.8 Å². The number of methoxy groups -OCH3 is 1. The van der Waals surface area contributed by atoms with Gasteiger partial charge in [-0.05, 0) is 29.8 Å². The van der Waals surface area contributed by atoms with Gasteiger partial charge < -0.3 is 19.3 Å². The summed E-state index contributed by atoms with van der Waals surface area (Å²) < 4.78 is 18.4. The standard InChI is InChI=1S/C27H22N4O5S/c1-16(32)30-20-11-7-6-10-19(20)23-25(33)28-27(37-14-17-8-4-3-5-9-17)29-31(23)26(30)18-12-21(34-2)24-22(13-18)35-15-36-24/h3-13,26H,14-15H2,1-2H3. The molecule has 10 heteroatoms. The van der Waals surface area contributed by atoms with E-state index < -0.39 is 12.0 Å². The molecular formula is C27H22N4O5S. The SMILES string of the molecule is COc1cc(C2N(C(C)=O)c3ccccc3-c3c([O-])nc(SCc4ccccc4)n[n+]32)cc2c1OCO2. The summed E-state index contributed by atoms with van der Waals surface area (Å²) in [5.41, 5.74) is 3.22. The Morgan fingerprint density at radius 2 is 1.95 bits per heavy atom. The summed E-state index contributed by atoms with van der Waals surface area (Å²) in [7, 11) is 1.54. The highest BCUT2D eigenvalue weighted by Crippen LogP contribution is 2.46. The fraction of sp³-hybridized carbons (Fsp3) is 0.185. The third-order valence-electron chi connectivity index (χ3n) is 6.25. The Hall–Kier alpha value is -4.31. The van der Waals surface area contributed by atoms with E-state index in [2.05, 4.69) is 4.98 Å². The summed E-state index contributed by atoms with van der Waals surface area (Å²) >= 11 is 1.36. The van der Waals surface area contributed by atoms with Gasteiger partial charge in [-0.1, -0.05) is 58.9 Å². The van der Waals surface area contributed by atoms with E-state index in [0.717, 1.165) is 5.56 Å². The Morgan fingerprint density at radius 3 is 2.73 bits per heavy atom. The molecule has 3 aromatic carbocycles. The smallest absolute Gasteiger partial charge is 0.293 e. The number of rotatable bonds is 5. The van der Waals surface area contributed by atoms with Crippen molar-refractivity contribution in [3.05, 3.63) is 77.9 Å². The molecule has 37 heavy (non-hydrogen) atoms. The van der Waals surface area contributed by atoms with E-state index in [-0.39, 0.29) is 12.7 Å². The van der Waals surface area contributed by atoms with Crippen LogP contribution in [0.15, 0.2) is 71.9 Å². The number of hydrogen-bond acceptors (Lipinski definition) is 8. The van der Waals surface area contributed by atoms with Crippen molar-refractivity contribution in [1.82, 2.24) is 10.1 Å². The van der Waals surface area contributed by atoms with Crippen LogP contribution in [0.1, 0.15) is 24.2 Å². The number of para-hydroxylation sites is 1. The van der Waals surface area contributed by atoms with E-state index in [9.17, 15) is 9.90 Å². The number of thioether (sulfide) groups is 1. The summed E-state index contributed by atoms with van der Waals surface area (Å²) in [6.45, 7) is 1.56. The minimum Gasteiger partial charge on any atom is -0.854 e. The second-order valence-corrected chi connectivity index (χ2v) is 9.45. The first-order chi connectivity index (χ1) is 18.0. The van der Waals surface area contributed by atoms with Crippen molar-refractivity contribution in [3.63, 3.8) is 0 Å². The molecule has 0 saturated carbocycles. The summed E-state index contributed by atoms with van der Waals surface area (Å²) in [6.07, 6.45) is -0.780. The second-order valence-electron chi connectivity index (χ2n) is 8.50. The number of hydrogen-bond donors (Lipinski definition) is 0. The van der Waals surface area contributed by atoms with Gasteiger partial charge in [0, 0.05) is 17.8 Å². The van der Waals surface area contributed by atoms with Gasteiger partial charge in [-0.2, -0.15) is 0 Å². The number of carbonyl (C=O) groups is 1. The Labute approximate surface area is 217 Å². The van der Waals surface area contributed by atoms with Crippen LogP contribution < -0.4 is 28.9 Å². The molecule has 1 amide bonds. The van der Waals surface area contributed by atoms with Crippen molar-refractivity contribution >= 4 is 23.4 Å². The van der Waals surface area contributed by atoms with Gasteiger partial charge in [0.15, 0.2) is 11.5 Å². The van der Waals surface area contributed by atoms with Gasteiger partial charge in [-0.15, -0.1) is 0 Å². The first-order valence-electron chi connectivity index (χ1n) is 11.6. The first kappa shape index (κ1) is 23.1. The molecule has 186 valence electrons. The topological polar surface area (TPSA) is 101 Å². The summed E-state index contributed by atoms with van der Waals surface area (Å²) in [5, 5.41) is 18.6. The van der Waals surface area contributed by atoms with Crippen LogP contribution in [0.4, 0.5) is 5.69 Å². The zero-order valence-corrected chi connectivity index (χ0v) is 20.9. The average Bonchev–Trinajstić information content (AvgIpc) is 3.39. The number of aromatic nitrogens is 3. The molecule has 1 aromatic heterocycles. The molecule has 9 nitrogen and oxygen atoms in total. The lowest BCUT2D eigenvalue weighted by atomic mass is 10.0. The quantitative estimate of drug-likeness (QED) is 0.295. The predicted molar refractivity (Wildman–Crippen MR) is 134 cm³/mol. The largest absolute Gasteiger partial charge is 0.854 e. The van der Waals surface area contributed by atoms with Crippen molar-refractivity contribution in [2.75, 3.05) is 18.8 Å². The van der Waals surface area contributed by atoms with Gasteiger partial charge in [0.25, 0.3) is 17.0 Å². The molecule has 6 rings (SSSR count). The van der Waals surface area contributed by atoms with Gasteiger partial charge in [0.1, 0.15) is 0 Å². The molecule has 3 heterocycles. The molecule has 0 bridgehead atoms. The van der Waals surface area contributed by atoms with Gasteiger partial charge >= 0.3 is 0 Å². The number of carbonyl (C=O) groups excluding carboxylic acids is 1. The van der Waals surface area contributed by atoms with Crippen molar-refractivity contribution in [2.24, 2.45) is 0 Å². The van der Waals surface area contributed by atoms with Crippen molar-refractivity contribution in [3.8, 4) is 34.4 Å². The number of fused-ring (bicyclic) bond motifs is 4. The third-order valence-corrected chi connectivity index (χ3v) is 7.15. The molecule has 0 radical (unpaired) electrons. The van der Waals surface area contributed by atoms with E-state index in [0.29, 0.717) is 50.7 Å². The number of amides is 1. The maximum absolute atomic E-state index is 13.5. The van der Waals surface area contributed by atoms with Crippen molar-refractivity contribution in [1.29, 1.82) is 0 Å². The van der Waals surface area contributed by atoms with Gasteiger partial charge in [-0.3, -0.25) is 4.79 Å². The fourth-order valence-corrected chi connectivity index (χ4v) is 5.44. The van der Waals surface area contributed by atoms with E-state index in [1.54, 1.807) is 27.8 Å². The van der Waals surface area contributed by atoms with Crippen LogP contribution in [0, 0.1) is 0 Å². The molecule has 0 N–H and O–H groups in total.